The Labute approximate surface area is 231 Å². The highest BCUT2D eigenvalue weighted by atomic mass is 16.7. The number of nitro groups is 1. The third kappa shape index (κ3) is 8.68. The fraction of sp³-hybridized carbons (Fsp3) is 0.407. The van der Waals surface area contributed by atoms with Crippen molar-refractivity contribution in [3.8, 4) is 5.75 Å². The van der Waals surface area contributed by atoms with Crippen molar-refractivity contribution in [3.63, 3.8) is 0 Å². The molecule has 0 aliphatic heterocycles. The highest BCUT2D eigenvalue weighted by Crippen LogP contribution is 2.34. The standard InChI is InChI=1S/C27H34N4O9/c1-14(2)22(30-25(34)40-27(4,5)6)24(33)29-15(3)23(32)21-18(13-16-7-9-17(28)10-8-16)20(39-26(35)36)12-11-19(21)31(37)38/h7-12,14-15,22H,13,28H2,1-6H3,(H,29,33)(H,30,34)(H,35,36). The summed E-state index contributed by atoms with van der Waals surface area (Å²) in [6, 6.07) is 6.07. The summed E-state index contributed by atoms with van der Waals surface area (Å²) in [5, 5.41) is 26.1. The van der Waals surface area contributed by atoms with Crippen LogP contribution in [0.15, 0.2) is 36.4 Å². The Morgan fingerprint density at radius 1 is 1.02 bits per heavy atom. The summed E-state index contributed by atoms with van der Waals surface area (Å²) in [7, 11) is 0. The van der Waals surface area contributed by atoms with Gasteiger partial charge in [-0.2, -0.15) is 0 Å². The fourth-order valence-electron chi connectivity index (χ4n) is 3.80. The minimum Gasteiger partial charge on any atom is -0.449 e. The Bertz CT molecular complexity index is 1280. The number of nitrogens with zero attached hydrogens (tertiary/aromatic N) is 1. The second-order valence-corrected chi connectivity index (χ2v) is 10.4. The number of nitrogens with two attached hydrogens (primary N) is 1. The predicted molar refractivity (Wildman–Crippen MR) is 145 cm³/mol. The zero-order valence-corrected chi connectivity index (χ0v) is 23.1. The predicted octanol–water partition coefficient (Wildman–Crippen LogP) is 4.06. The fourth-order valence-corrected chi connectivity index (χ4v) is 3.80. The Balaban J connectivity index is 2.48. The van der Waals surface area contributed by atoms with E-state index in [1.807, 2.05) is 0 Å². The molecule has 2 atom stereocenters. The maximum atomic E-state index is 13.7. The van der Waals surface area contributed by atoms with E-state index in [1.54, 1.807) is 58.9 Å². The van der Waals surface area contributed by atoms with E-state index in [0.717, 1.165) is 12.1 Å². The van der Waals surface area contributed by atoms with Gasteiger partial charge in [-0.3, -0.25) is 19.7 Å². The summed E-state index contributed by atoms with van der Waals surface area (Å²) in [5.74, 6) is -2.26. The van der Waals surface area contributed by atoms with E-state index in [4.69, 9.17) is 15.2 Å². The molecule has 0 saturated heterocycles. The number of ether oxygens (including phenoxy) is 2. The summed E-state index contributed by atoms with van der Waals surface area (Å²) in [5.41, 5.74) is 4.87. The quantitative estimate of drug-likeness (QED) is 0.0823. The molecule has 0 spiro atoms. The van der Waals surface area contributed by atoms with Crippen LogP contribution < -0.4 is 21.1 Å². The number of benzene rings is 2. The Kier molecular flexibility index (Phi) is 10.2. The van der Waals surface area contributed by atoms with Crippen LogP contribution in [0.5, 0.6) is 5.75 Å². The van der Waals surface area contributed by atoms with Gasteiger partial charge >= 0.3 is 12.2 Å². The van der Waals surface area contributed by atoms with Gasteiger partial charge in [0.25, 0.3) is 5.69 Å². The number of hydrogen-bond acceptors (Lipinski definition) is 9. The normalized spacial score (nSPS) is 12.7. The summed E-state index contributed by atoms with van der Waals surface area (Å²) < 4.78 is 10.1. The maximum absolute atomic E-state index is 13.7. The van der Waals surface area contributed by atoms with Crippen molar-refractivity contribution in [1.29, 1.82) is 0 Å². The Morgan fingerprint density at radius 3 is 2.12 bits per heavy atom. The molecule has 2 amide bonds. The molecule has 2 unspecified atom stereocenters. The van der Waals surface area contributed by atoms with Gasteiger partial charge in [-0.25, -0.2) is 9.59 Å². The second-order valence-electron chi connectivity index (χ2n) is 10.4. The minimum absolute atomic E-state index is 0.0558. The number of carbonyl (C=O) groups is 4. The molecule has 0 saturated carbocycles. The number of alkyl carbamates (subject to hydrolysis) is 1. The van der Waals surface area contributed by atoms with Crippen LogP contribution in [0.2, 0.25) is 0 Å². The molecule has 2 aromatic carbocycles. The smallest absolute Gasteiger partial charge is 0.449 e. The maximum Gasteiger partial charge on any atom is 0.511 e. The molecule has 216 valence electrons. The second kappa shape index (κ2) is 12.9. The van der Waals surface area contributed by atoms with Crippen LogP contribution >= 0.6 is 0 Å². The molecule has 0 aliphatic rings. The van der Waals surface area contributed by atoms with Gasteiger partial charge in [-0.05, 0) is 57.4 Å². The van der Waals surface area contributed by atoms with E-state index < -0.39 is 63.7 Å². The zero-order chi connectivity index (χ0) is 30.4. The van der Waals surface area contributed by atoms with Crippen LogP contribution in [0.25, 0.3) is 0 Å². The monoisotopic (exact) mass is 558 g/mol. The molecule has 40 heavy (non-hydrogen) atoms. The van der Waals surface area contributed by atoms with E-state index in [9.17, 15) is 34.4 Å². The molecule has 13 heteroatoms. The average Bonchev–Trinajstić information content (AvgIpc) is 2.82. The number of rotatable bonds is 10. The lowest BCUT2D eigenvalue weighted by atomic mass is 9.92. The van der Waals surface area contributed by atoms with Crippen LogP contribution in [0.4, 0.5) is 21.0 Å². The number of nitrogen functional groups attached to an aromatic ring is 1. The third-order valence-electron chi connectivity index (χ3n) is 5.62. The van der Waals surface area contributed by atoms with Gasteiger partial charge in [-0.1, -0.05) is 26.0 Å². The van der Waals surface area contributed by atoms with Gasteiger partial charge < -0.3 is 30.9 Å². The minimum atomic E-state index is -1.68. The van der Waals surface area contributed by atoms with E-state index in [2.05, 4.69) is 10.6 Å². The number of nitrogens with one attached hydrogen (secondary N) is 2. The lowest BCUT2D eigenvalue weighted by Crippen LogP contribution is -2.53. The first-order valence-electron chi connectivity index (χ1n) is 12.4. The molecular weight excluding hydrogens is 524 g/mol. The van der Waals surface area contributed by atoms with Gasteiger partial charge in [0, 0.05) is 23.7 Å². The summed E-state index contributed by atoms with van der Waals surface area (Å²) in [6.45, 7) is 9.66. The van der Waals surface area contributed by atoms with Gasteiger partial charge in [0.2, 0.25) is 5.91 Å². The van der Waals surface area contributed by atoms with E-state index in [1.165, 1.54) is 6.92 Å². The van der Waals surface area contributed by atoms with E-state index in [0.29, 0.717) is 11.3 Å². The van der Waals surface area contributed by atoms with Crippen LogP contribution in [0, 0.1) is 16.0 Å². The lowest BCUT2D eigenvalue weighted by molar-refractivity contribution is -0.385. The van der Waals surface area contributed by atoms with Gasteiger partial charge in [0.15, 0.2) is 5.78 Å². The van der Waals surface area contributed by atoms with Crippen molar-refractivity contribution in [2.24, 2.45) is 5.92 Å². The van der Waals surface area contributed by atoms with Gasteiger partial charge in [0.1, 0.15) is 23.0 Å². The van der Waals surface area contributed by atoms with Crippen molar-refractivity contribution in [2.75, 3.05) is 5.73 Å². The molecule has 0 bridgehead atoms. The van der Waals surface area contributed by atoms with Crippen molar-refractivity contribution in [3.05, 3.63) is 63.2 Å². The summed E-state index contributed by atoms with van der Waals surface area (Å²) >= 11 is 0. The van der Waals surface area contributed by atoms with Crippen LogP contribution in [0.3, 0.4) is 0 Å². The summed E-state index contributed by atoms with van der Waals surface area (Å²) in [4.78, 5) is 61.5. The molecular formula is C27H34N4O9. The van der Waals surface area contributed by atoms with Gasteiger partial charge in [-0.15, -0.1) is 0 Å². The number of hydrogen-bond donors (Lipinski definition) is 4. The van der Waals surface area contributed by atoms with E-state index >= 15 is 0 Å². The SMILES string of the molecule is CC(NC(=O)C(NC(=O)OC(C)(C)C)C(C)C)C(=O)c1c([N+](=O)[O-])ccc(OC(=O)O)c1Cc1ccc(N)cc1. The van der Waals surface area contributed by atoms with Crippen LogP contribution in [-0.4, -0.2) is 51.7 Å². The Morgan fingerprint density at radius 2 is 1.62 bits per heavy atom. The molecule has 2 aromatic rings. The molecule has 0 aromatic heterocycles. The summed E-state index contributed by atoms with van der Waals surface area (Å²) in [6.07, 6.45) is -2.62. The molecule has 5 N–H and O–H groups in total. The lowest BCUT2D eigenvalue weighted by Gasteiger charge is -2.26. The van der Waals surface area contributed by atoms with Crippen molar-refractivity contribution in [1.82, 2.24) is 10.6 Å². The van der Waals surface area contributed by atoms with Crippen molar-refractivity contribution in [2.45, 2.75) is 65.6 Å². The zero-order valence-electron chi connectivity index (χ0n) is 23.1. The molecule has 2 rings (SSSR count). The number of nitro benzene ring substituents is 1. The Hall–Kier alpha value is -4.68. The first kappa shape index (κ1) is 31.5. The number of Topliss-reactive ketones (excluding diaryl/α,β-unsaturated/α-hetero) is 1. The number of carboxylic acid groups (broad SMARTS) is 1. The first-order valence-corrected chi connectivity index (χ1v) is 12.4. The molecule has 13 nitrogen and oxygen atoms in total. The molecule has 0 fully saturated rings. The first-order chi connectivity index (χ1) is 18.5. The van der Waals surface area contributed by atoms with Crippen molar-refractivity contribution < 1.29 is 38.7 Å². The molecule has 0 aliphatic carbocycles. The number of amides is 2. The van der Waals surface area contributed by atoms with Crippen LogP contribution in [0.1, 0.15) is 63.0 Å². The largest absolute Gasteiger partial charge is 0.511 e. The molecule has 0 heterocycles. The van der Waals surface area contributed by atoms with Crippen LogP contribution in [-0.2, 0) is 16.0 Å². The topological polar surface area (TPSA) is 200 Å². The van der Waals surface area contributed by atoms with Crippen molar-refractivity contribution >= 4 is 35.3 Å². The third-order valence-corrected chi connectivity index (χ3v) is 5.62. The highest BCUT2D eigenvalue weighted by Gasteiger charge is 2.34. The number of ketones is 1. The number of carbonyl (C=O) groups excluding carboxylic acids is 3. The average molecular weight is 559 g/mol. The van der Waals surface area contributed by atoms with Gasteiger partial charge in [0.05, 0.1) is 11.0 Å². The number of anilines is 1. The highest BCUT2D eigenvalue weighted by molar-refractivity contribution is 6.07. The molecule has 0 radical (unpaired) electrons. The van der Waals surface area contributed by atoms with E-state index in [-0.39, 0.29) is 17.7 Å².